The number of carbonyl (C=O) groups is 1. The van der Waals surface area contributed by atoms with Gasteiger partial charge in [0.05, 0.1) is 20.8 Å². The number of nitrogens with one attached hydrogen (secondary N) is 1. The third-order valence-corrected chi connectivity index (χ3v) is 4.34. The molecule has 0 fully saturated rings. The van der Waals surface area contributed by atoms with Crippen LogP contribution in [0.5, 0.6) is 17.2 Å². The van der Waals surface area contributed by atoms with Crippen LogP contribution in [0, 0.1) is 0 Å². The summed E-state index contributed by atoms with van der Waals surface area (Å²) in [4.78, 5) is 24.6. The number of ether oxygens (including phenoxy) is 3. The molecule has 0 aliphatic rings. The normalized spacial score (nSPS) is 10.3. The first-order chi connectivity index (χ1) is 14.6. The standard InChI is InChI=1S/C22H23N3O5/c1-28-18-8-10-20(29-2)16(14-18)15-23-22(27)19-9-11-21(26)25(24-19)12-13-30-17-6-4-3-5-7-17/h3-11,14H,12-13,15H2,1-2H3,(H,23,27). The number of hydrogen-bond donors (Lipinski definition) is 1. The Labute approximate surface area is 174 Å². The molecule has 8 heteroatoms. The molecule has 1 amide bonds. The molecule has 2 aromatic carbocycles. The Morgan fingerprint density at radius 3 is 2.53 bits per heavy atom. The second-order valence-electron chi connectivity index (χ2n) is 6.30. The van der Waals surface area contributed by atoms with E-state index in [2.05, 4.69) is 10.4 Å². The quantitative estimate of drug-likeness (QED) is 0.583. The molecule has 3 aromatic rings. The molecule has 0 atom stereocenters. The molecule has 0 radical (unpaired) electrons. The van der Waals surface area contributed by atoms with Crippen LogP contribution in [0.3, 0.4) is 0 Å². The van der Waals surface area contributed by atoms with Gasteiger partial charge in [0.15, 0.2) is 0 Å². The van der Waals surface area contributed by atoms with Gasteiger partial charge in [-0.15, -0.1) is 0 Å². The van der Waals surface area contributed by atoms with E-state index in [1.54, 1.807) is 32.4 Å². The SMILES string of the molecule is COc1ccc(OC)c(CNC(=O)c2ccc(=O)n(CCOc3ccccc3)n2)c1. The molecule has 0 saturated heterocycles. The zero-order valence-electron chi connectivity index (χ0n) is 16.8. The van der Waals surface area contributed by atoms with Crippen molar-refractivity contribution in [2.75, 3.05) is 20.8 Å². The number of rotatable bonds is 9. The van der Waals surface area contributed by atoms with Crippen molar-refractivity contribution in [3.8, 4) is 17.2 Å². The van der Waals surface area contributed by atoms with Gasteiger partial charge in [-0.2, -0.15) is 5.10 Å². The molecule has 0 aliphatic carbocycles. The van der Waals surface area contributed by atoms with Gasteiger partial charge in [-0.1, -0.05) is 18.2 Å². The van der Waals surface area contributed by atoms with Crippen LogP contribution in [0.2, 0.25) is 0 Å². The van der Waals surface area contributed by atoms with Crippen molar-refractivity contribution >= 4 is 5.91 Å². The second-order valence-corrected chi connectivity index (χ2v) is 6.30. The van der Waals surface area contributed by atoms with Crippen molar-refractivity contribution in [3.05, 3.63) is 82.3 Å². The monoisotopic (exact) mass is 409 g/mol. The molecule has 8 nitrogen and oxygen atoms in total. The summed E-state index contributed by atoms with van der Waals surface area (Å²) >= 11 is 0. The number of hydrogen-bond acceptors (Lipinski definition) is 6. The molecule has 0 bridgehead atoms. The van der Waals surface area contributed by atoms with Crippen molar-refractivity contribution in [2.24, 2.45) is 0 Å². The maximum Gasteiger partial charge on any atom is 0.271 e. The zero-order chi connectivity index (χ0) is 21.3. The maximum atomic E-state index is 12.5. The van der Waals surface area contributed by atoms with E-state index in [0.717, 1.165) is 5.56 Å². The minimum atomic E-state index is -0.405. The third-order valence-electron chi connectivity index (χ3n) is 4.34. The minimum Gasteiger partial charge on any atom is -0.497 e. The molecule has 156 valence electrons. The van der Waals surface area contributed by atoms with E-state index in [1.165, 1.54) is 16.8 Å². The maximum absolute atomic E-state index is 12.5. The Morgan fingerprint density at radius 2 is 1.80 bits per heavy atom. The predicted octanol–water partition coefficient (Wildman–Crippen LogP) is 2.27. The highest BCUT2D eigenvalue weighted by Crippen LogP contribution is 2.23. The fraction of sp³-hybridized carbons (Fsp3) is 0.227. The molecular weight excluding hydrogens is 386 g/mol. The predicted molar refractivity (Wildman–Crippen MR) is 111 cm³/mol. The van der Waals surface area contributed by atoms with E-state index in [4.69, 9.17) is 14.2 Å². The number of methoxy groups -OCH3 is 2. The molecular formula is C22H23N3O5. The van der Waals surface area contributed by atoms with Crippen molar-refractivity contribution < 1.29 is 19.0 Å². The first-order valence-corrected chi connectivity index (χ1v) is 9.36. The Hall–Kier alpha value is -3.81. The zero-order valence-corrected chi connectivity index (χ0v) is 16.8. The first-order valence-electron chi connectivity index (χ1n) is 9.36. The number of carbonyl (C=O) groups excluding carboxylic acids is 1. The van der Waals surface area contributed by atoms with E-state index >= 15 is 0 Å². The Morgan fingerprint density at radius 1 is 1.00 bits per heavy atom. The summed E-state index contributed by atoms with van der Waals surface area (Å²) in [5.74, 6) is 1.58. The summed E-state index contributed by atoms with van der Waals surface area (Å²) in [6, 6.07) is 17.3. The molecule has 0 aliphatic heterocycles. The van der Waals surface area contributed by atoms with Crippen LogP contribution < -0.4 is 25.1 Å². The number of amides is 1. The van der Waals surface area contributed by atoms with Crippen molar-refractivity contribution in [3.63, 3.8) is 0 Å². The highest BCUT2D eigenvalue weighted by Gasteiger charge is 2.12. The van der Waals surface area contributed by atoms with Gasteiger partial charge >= 0.3 is 0 Å². The smallest absolute Gasteiger partial charge is 0.271 e. The topological polar surface area (TPSA) is 91.7 Å². The summed E-state index contributed by atoms with van der Waals surface area (Å²) in [5.41, 5.74) is 0.587. The van der Waals surface area contributed by atoms with Crippen LogP contribution >= 0.6 is 0 Å². The fourth-order valence-corrected chi connectivity index (χ4v) is 2.78. The van der Waals surface area contributed by atoms with E-state index in [1.807, 2.05) is 30.3 Å². The van der Waals surface area contributed by atoms with Crippen molar-refractivity contribution in [1.82, 2.24) is 15.1 Å². The molecule has 1 heterocycles. The lowest BCUT2D eigenvalue weighted by molar-refractivity contribution is 0.0942. The van der Waals surface area contributed by atoms with Gasteiger partial charge in [0.1, 0.15) is 29.5 Å². The molecule has 0 saturated carbocycles. The van der Waals surface area contributed by atoms with Crippen molar-refractivity contribution in [1.29, 1.82) is 0 Å². The Kier molecular flexibility index (Phi) is 7.05. The van der Waals surface area contributed by atoms with Crippen LogP contribution in [0.4, 0.5) is 0 Å². The number of aromatic nitrogens is 2. The number of para-hydroxylation sites is 1. The van der Waals surface area contributed by atoms with Gasteiger partial charge in [0, 0.05) is 18.2 Å². The summed E-state index contributed by atoms with van der Waals surface area (Å²) < 4.78 is 17.3. The van der Waals surface area contributed by atoms with E-state index in [9.17, 15) is 9.59 Å². The highest BCUT2D eigenvalue weighted by molar-refractivity contribution is 5.92. The number of nitrogens with zero attached hydrogens (tertiary/aromatic N) is 2. The summed E-state index contributed by atoms with van der Waals surface area (Å²) in [7, 11) is 3.13. The summed E-state index contributed by atoms with van der Waals surface area (Å²) in [5, 5.41) is 6.93. The largest absolute Gasteiger partial charge is 0.497 e. The van der Waals surface area contributed by atoms with Crippen LogP contribution in [0.15, 0.2) is 65.5 Å². The van der Waals surface area contributed by atoms with Gasteiger partial charge in [-0.05, 0) is 36.4 Å². The Balaban J connectivity index is 1.64. The summed E-state index contributed by atoms with van der Waals surface area (Å²) in [6.07, 6.45) is 0. The van der Waals surface area contributed by atoms with Crippen molar-refractivity contribution in [2.45, 2.75) is 13.1 Å². The number of benzene rings is 2. The highest BCUT2D eigenvalue weighted by atomic mass is 16.5. The van der Waals surface area contributed by atoms with Crippen LogP contribution in [-0.2, 0) is 13.1 Å². The average Bonchev–Trinajstić information content (AvgIpc) is 2.79. The molecule has 3 rings (SSSR count). The van der Waals surface area contributed by atoms with Gasteiger partial charge in [-0.3, -0.25) is 9.59 Å². The van der Waals surface area contributed by atoms with Crippen LogP contribution in [-0.4, -0.2) is 36.5 Å². The van der Waals surface area contributed by atoms with Gasteiger partial charge in [-0.25, -0.2) is 4.68 Å². The van der Waals surface area contributed by atoms with Crippen LogP contribution in [0.25, 0.3) is 0 Å². The van der Waals surface area contributed by atoms with Crippen LogP contribution in [0.1, 0.15) is 16.1 Å². The first kappa shape index (κ1) is 20.9. The molecule has 0 unspecified atom stereocenters. The Bertz CT molecular complexity index is 1050. The van der Waals surface area contributed by atoms with Gasteiger partial charge in [0.2, 0.25) is 0 Å². The molecule has 30 heavy (non-hydrogen) atoms. The third kappa shape index (κ3) is 5.38. The summed E-state index contributed by atoms with van der Waals surface area (Å²) in [6.45, 7) is 0.693. The lowest BCUT2D eigenvalue weighted by atomic mass is 10.2. The van der Waals surface area contributed by atoms with E-state index in [-0.39, 0.29) is 30.9 Å². The lowest BCUT2D eigenvalue weighted by Crippen LogP contribution is -2.30. The molecule has 0 spiro atoms. The van der Waals surface area contributed by atoms with E-state index in [0.29, 0.717) is 17.2 Å². The minimum absolute atomic E-state index is 0.135. The second kappa shape index (κ2) is 10.1. The van der Waals surface area contributed by atoms with Gasteiger partial charge < -0.3 is 19.5 Å². The molecule has 1 N–H and O–H groups in total. The fourth-order valence-electron chi connectivity index (χ4n) is 2.78. The lowest BCUT2D eigenvalue weighted by Gasteiger charge is -2.12. The molecule has 1 aromatic heterocycles. The van der Waals surface area contributed by atoms with E-state index < -0.39 is 5.91 Å². The average molecular weight is 409 g/mol. The van der Waals surface area contributed by atoms with Gasteiger partial charge in [0.25, 0.3) is 11.5 Å².